The number of fused-ring (bicyclic) bond motifs is 1. The summed E-state index contributed by atoms with van der Waals surface area (Å²) in [5.74, 6) is 0.488. The lowest BCUT2D eigenvalue weighted by atomic mass is 10.7. The molecule has 0 atom stereocenters. The van der Waals surface area contributed by atoms with Gasteiger partial charge >= 0.3 is 0 Å². The molecule has 0 aliphatic carbocycles. The number of nitrogens with zero attached hydrogens (tertiary/aromatic N) is 3. The number of aromatic nitrogens is 4. The van der Waals surface area contributed by atoms with Crippen LogP contribution in [0, 0.1) is 4.64 Å². The predicted molar refractivity (Wildman–Crippen MR) is 43.2 cm³/mol. The monoisotopic (exact) mass is 186 g/mol. The zero-order chi connectivity index (χ0) is 7.84. The van der Waals surface area contributed by atoms with Gasteiger partial charge in [0, 0.05) is 6.07 Å². The molecule has 0 aliphatic rings. The summed E-state index contributed by atoms with van der Waals surface area (Å²) in [6, 6.07) is 1.59. The Labute approximate surface area is 71.8 Å². The van der Waals surface area contributed by atoms with Crippen LogP contribution in [0.5, 0.6) is 0 Å². The molecular formula is C5H3ClN4S. The highest BCUT2D eigenvalue weighted by molar-refractivity contribution is 7.71. The van der Waals surface area contributed by atoms with E-state index in [1.807, 2.05) is 0 Å². The lowest BCUT2D eigenvalue weighted by Gasteiger charge is -1.91. The van der Waals surface area contributed by atoms with Crippen LogP contribution in [0.25, 0.3) is 5.78 Å². The van der Waals surface area contributed by atoms with E-state index in [-0.39, 0.29) is 0 Å². The van der Waals surface area contributed by atoms with E-state index in [0.29, 0.717) is 15.6 Å². The highest BCUT2D eigenvalue weighted by atomic mass is 35.5. The summed E-state index contributed by atoms with van der Waals surface area (Å²) < 4.78 is 2.14. The quantitative estimate of drug-likeness (QED) is 0.500. The Morgan fingerprint density at radius 3 is 3.27 bits per heavy atom. The third-order valence-corrected chi connectivity index (χ3v) is 1.73. The molecule has 2 rings (SSSR count). The molecule has 11 heavy (non-hydrogen) atoms. The van der Waals surface area contributed by atoms with Crippen molar-refractivity contribution in [3.8, 4) is 0 Å². The third-order valence-electron chi connectivity index (χ3n) is 1.24. The number of halogens is 1. The summed E-state index contributed by atoms with van der Waals surface area (Å²) in [6.45, 7) is 0. The number of rotatable bonds is 0. The van der Waals surface area contributed by atoms with Gasteiger partial charge in [-0.3, -0.25) is 5.10 Å². The van der Waals surface area contributed by atoms with E-state index in [0.717, 1.165) is 0 Å². The molecule has 2 heterocycles. The molecule has 0 radical (unpaired) electrons. The van der Waals surface area contributed by atoms with Crippen LogP contribution in [0.2, 0.25) is 5.15 Å². The van der Waals surface area contributed by atoms with Gasteiger partial charge in [0.15, 0.2) is 0 Å². The molecule has 6 heteroatoms. The van der Waals surface area contributed by atoms with Crippen molar-refractivity contribution >= 4 is 29.6 Å². The van der Waals surface area contributed by atoms with Crippen molar-refractivity contribution in [3.05, 3.63) is 22.2 Å². The Kier molecular flexibility index (Phi) is 1.40. The van der Waals surface area contributed by atoms with Gasteiger partial charge in [-0.05, 0) is 0 Å². The zero-order valence-corrected chi connectivity index (χ0v) is 6.85. The number of aromatic amines is 1. The highest BCUT2D eigenvalue weighted by Gasteiger charge is 1.97. The minimum absolute atomic E-state index is 0.363. The molecule has 0 aliphatic heterocycles. The molecule has 56 valence electrons. The second-order valence-electron chi connectivity index (χ2n) is 1.94. The number of nitrogens with one attached hydrogen (secondary N) is 1. The summed E-state index contributed by atoms with van der Waals surface area (Å²) in [6.07, 6.45) is 1.51. The maximum absolute atomic E-state index is 5.64. The fourth-order valence-corrected chi connectivity index (χ4v) is 1.28. The van der Waals surface area contributed by atoms with E-state index in [1.54, 1.807) is 10.6 Å². The summed E-state index contributed by atoms with van der Waals surface area (Å²) in [5, 5.41) is 3.16. The third kappa shape index (κ3) is 1.02. The predicted octanol–water partition coefficient (Wildman–Crippen LogP) is 1.44. The van der Waals surface area contributed by atoms with Crippen LogP contribution in [0.4, 0.5) is 0 Å². The first-order valence-electron chi connectivity index (χ1n) is 2.86. The molecule has 2 aromatic rings. The standard InChI is InChI=1S/C5H3ClN4S/c6-3-1-4(11)10-5(9-3)7-2-8-10/h1-2H,(H,7,8,9). The smallest absolute Gasteiger partial charge is 0.253 e. The van der Waals surface area contributed by atoms with Gasteiger partial charge in [-0.2, -0.15) is 4.98 Å². The number of hydrogen-bond donors (Lipinski definition) is 1. The van der Waals surface area contributed by atoms with Crippen molar-refractivity contribution < 1.29 is 0 Å². The van der Waals surface area contributed by atoms with Crippen LogP contribution in [0.15, 0.2) is 12.4 Å². The van der Waals surface area contributed by atoms with Crippen molar-refractivity contribution in [2.24, 2.45) is 0 Å². The Morgan fingerprint density at radius 2 is 2.45 bits per heavy atom. The van der Waals surface area contributed by atoms with E-state index < -0.39 is 0 Å². The largest absolute Gasteiger partial charge is 0.280 e. The van der Waals surface area contributed by atoms with Gasteiger partial charge in [-0.15, -0.1) is 0 Å². The fourth-order valence-electron chi connectivity index (χ4n) is 0.795. The van der Waals surface area contributed by atoms with E-state index in [9.17, 15) is 0 Å². The normalized spacial score (nSPS) is 10.6. The molecule has 0 spiro atoms. The van der Waals surface area contributed by atoms with Gasteiger partial charge in [0.25, 0.3) is 5.78 Å². The Bertz CT molecular complexity index is 445. The van der Waals surface area contributed by atoms with E-state index in [2.05, 4.69) is 15.1 Å². The van der Waals surface area contributed by atoms with Crippen LogP contribution in [0.3, 0.4) is 0 Å². The Hall–Kier alpha value is -0.940. The second-order valence-corrected chi connectivity index (χ2v) is 2.75. The fraction of sp³-hybridized carbons (Fsp3) is 0. The van der Waals surface area contributed by atoms with Gasteiger partial charge in [0.1, 0.15) is 16.1 Å². The van der Waals surface area contributed by atoms with E-state index >= 15 is 0 Å². The van der Waals surface area contributed by atoms with Gasteiger partial charge in [0.2, 0.25) is 0 Å². The van der Waals surface area contributed by atoms with Crippen LogP contribution in [0.1, 0.15) is 0 Å². The molecule has 2 aromatic heterocycles. The number of hydrogen-bond acceptors (Lipinski definition) is 3. The van der Waals surface area contributed by atoms with Crippen molar-refractivity contribution in [2.75, 3.05) is 0 Å². The SMILES string of the molecule is S=c1cc(Cl)nc2nc[nH]n12. The van der Waals surface area contributed by atoms with Crippen LogP contribution >= 0.6 is 23.8 Å². The Morgan fingerprint density at radius 1 is 1.64 bits per heavy atom. The molecule has 0 bridgehead atoms. The Balaban J connectivity index is 3.02. The molecule has 4 nitrogen and oxygen atoms in total. The number of H-pyrrole nitrogens is 1. The molecule has 0 unspecified atom stereocenters. The maximum atomic E-state index is 5.64. The lowest BCUT2D eigenvalue weighted by Crippen LogP contribution is -1.91. The molecular weight excluding hydrogens is 184 g/mol. The molecule has 0 aromatic carbocycles. The minimum atomic E-state index is 0.363. The average molecular weight is 187 g/mol. The topological polar surface area (TPSA) is 46.0 Å². The summed E-state index contributed by atoms with van der Waals surface area (Å²) in [4.78, 5) is 7.80. The van der Waals surface area contributed by atoms with Crippen molar-refractivity contribution in [2.45, 2.75) is 0 Å². The van der Waals surface area contributed by atoms with Crippen LogP contribution < -0.4 is 0 Å². The minimum Gasteiger partial charge on any atom is -0.280 e. The van der Waals surface area contributed by atoms with Gasteiger partial charge in [-0.1, -0.05) is 23.8 Å². The first-order valence-corrected chi connectivity index (χ1v) is 3.65. The molecule has 0 saturated heterocycles. The summed E-state index contributed by atoms with van der Waals surface area (Å²) in [5.41, 5.74) is 0. The molecule has 1 N–H and O–H groups in total. The highest BCUT2D eigenvalue weighted by Crippen LogP contribution is 2.05. The molecule has 0 amide bonds. The van der Waals surface area contributed by atoms with Crippen molar-refractivity contribution in [3.63, 3.8) is 0 Å². The van der Waals surface area contributed by atoms with Gasteiger partial charge in [-0.25, -0.2) is 9.50 Å². The first-order chi connectivity index (χ1) is 5.27. The van der Waals surface area contributed by atoms with Gasteiger partial charge < -0.3 is 0 Å². The van der Waals surface area contributed by atoms with Crippen molar-refractivity contribution in [1.29, 1.82) is 0 Å². The lowest BCUT2D eigenvalue weighted by molar-refractivity contribution is 0.924. The van der Waals surface area contributed by atoms with Crippen molar-refractivity contribution in [1.82, 2.24) is 19.6 Å². The first kappa shape index (κ1) is 6.75. The van der Waals surface area contributed by atoms with Crippen LogP contribution in [-0.2, 0) is 0 Å². The van der Waals surface area contributed by atoms with Gasteiger partial charge in [0.05, 0.1) is 0 Å². The maximum Gasteiger partial charge on any atom is 0.253 e. The zero-order valence-electron chi connectivity index (χ0n) is 5.28. The molecule has 0 fully saturated rings. The second kappa shape index (κ2) is 2.28. The van der Waals surface area contributed by atoms with E-state index in [4.69, 9.17) is 23.8 Å². The summed E-state index contributed by atoms with van der Waals surface area (Å²) in [7, 11) is 0. The van der Waals surface area contributed by atoms with E-state index in [1.165, 1.54) is 6.33 Å². The summed E-state index contributed by atoms with van der Waals surface area (Å²) >= 11 is 10.6. The molecule has 0 saturated carbocycles. The van der Waals surface area contributed by atoms with Crippen LogP contribution in [-0.4, -0.2) is 19.6 Å². The average Bonchev–Trinajstić information content (AvgIpc) is 2.34.